The zero-order chi connectivity index (χ0) is 18.7. The zero-order valence-electron chi connectivity index (χ0n) is 14.0. The van der Waals surface area contributed by atoms with Crippen molar-refractivity contribution in [3.8, 4) is 5.88 Å². The average Bonchev–Trinajstić information content (AvgIpc) is 3.02. The van der Waals surface area contributed by atoms with Crippen LogP contribution in [0.25, 0.3) is 0 Å². The van der Waals surface area contributed by atoms with Gasteiger partial charge in [-0.2, -0.15) is 0 Å². The van der Waals surface area contributed by atoms with E-state index in [1.807, 2.05) is 0 Å². The number of halogens is 2. The number of methoxy groups -OCH3 is 1. The van der Waals surface area contributed by atoms with Gasteiger partial charge < -0.3 is 15.0 Å². The number of benzene rings is 1. The number of alkyl halides is 1. The van der Waals surface area contributed by atoms with Crippen LogP contribution in [0.1, 0.15) is 20.7 Å². The number of aromatic nitrogens is 1. The third-order valence-electron chi connectivity index (χ3n) is 4.17. The van der Waals surface area contributed by atoms with Crippen molar-refractivity contribution in [2.24, 2.45) is 0 Å². The lowest BCUT2D eigenvalue weighted by molar-refractivity contribution is 0.0773. The van der Waals surface area contributed by atoms with Gasteiger partial charge >= 0.3 is 0 Å². The zero-order valence-corrected chi connectivity index (χ0v) is 14.0. The molecule has 1 aromatic heterocycles. The topological polar surface area (TPSA) is 71.5 Å². The van der Waals surface area contributed by atoms with Crippen molar-refractivity contribution in [3.05, 3.63) is 59.5 Å². The maximum absolute atomic E-state index is 14.3. The van der Waals surface area contributed by atoms with Crippen molar-refractivity contribution in [2.75, 3.05) is 20.2 Å². The molecule has 1 aliphatic heterocycles. The van der Waals surface area contributed by atoms with Gasteiger partial charge in [0, 0.05) is 12.7 Å². The van der Waals surface area contributed by atoms with Crippen molar-refractivity contribution < 1.29 is 23.1 Å². The predicted octanol–water partition coefficient (Wildman–Crippen LogP) is 1.82. The lowest BCUT2D eigenvalue weighted by Crippen LogP contribution is -2.42. The van der Waals surface area contributed by atoms with Gasteiger partial charge in [-0.1, -0.05) is 12.1 Å². The summed E-state index contributed by atoms with van der Waals surface area (Å²) in [6, 6.07) is 7.69. The van der Waals surface area contributed by atoms with Gasteiger partial charge in [-0.15, -0.1) is 0 Å². The predicted molar refractivity (Wildman–Crippen MR) is 89.2 cm³/mol. The summed E-state index contributed by atoms with van der Waals surface area (Å²) in [4.78, 5) is 29.9. The Hall–Kier alpha value is -3.03. The molecule has 1 aromatic carbocycles. The number of amides is 2. The molecule has 0 radical (unpaired) electrons. The second kappa shape index (κ2) is 7.47. The third kappa shape index (κ3) is 3.49. The number of nitrogens with zero attached hydrogens (tertiary/aromatic N) is 2. The molecule has 2 heterocycles. The molecule has 8 heteroatoms. The summed E-state index contributed by atoms with van der Waals surface area (Å²) >= 11 is 0. The van der Waals surface area contributed by atoms with E-state index in [9.17, 15) is 18.4 Å². The molecule has 2 aromatic rings. The second-order valence-electron chi connectivity index (χ2n) is 5.85. The minimum atomic E-state index is -1.46. The van der Waals surface area contributed by atoms with Gasteiger partial charge in [0.2, 0.25) is 5.88 Å². The average molecular weight is 361 g/mol. The van der Waals surface area contributed by atoms with E-state index in [-0.39, 0.29) is 30.1 Å². The summed E-state index contributed by atoms with van der Waals surface area (Å²) in [6.07, 6.45) is 0.00939. The highest BCUT2D eigenvalue weighted by Crippen LogP contribution is 2.20. The van der Waals surface area contributed by atoms with Gasteiger partial charge in [0.05, 0.1) is 25.3 Å². The van der Waals surface area contributed by atoms with E-state index in [0.29, 0.717) is 0 Å². The Morgan fingerprint density at radius 1 is 1.19 bits per heavy atom. The fourth-order valence-electron chi connectivity index (χ4n) is 2.84. The van der Waals surface area contributed by atoms with Crippen molar-refractivity contribution in [3.63, 3.8) is 0 Å². The Morgan fingerprint density at radius 3 is 2.65 bits per heavy atom. The Balaban J connectivity index is 1.70. The first-order chi connectivity index (χ1) is 12.5. The van der Waals surface area contributed by atoms with E-state index in [0.717, 1.165) is 0 Å². The van der Waals surface area contributed by atoms with Crippen LogP contribution in [0, 0.1) is 5.82 Å². The quantitative estimate of drug-likeness (QED) is 0.902. The first-order valence-electron chi connectivity index (χ1n) is 7.99. The van der Waals surface area contributed by atoms with Crippen molar-refractivity contribution in [1.82, 2.24) is 15.2 Å². The van der Waals surface area contributed by atoms with Crippen LogP contribution in [-0.4, -0.2) is 54.1 Å². The van der Waals surface area contributed by atoms with Crippen LogP contribution in [0.5, 0.6) is 5.88 Å². The first kappa shape index (κ1) is 17.8. The molecule has 26 heavy (non-hydrogen) atoms. The molecule has 3 rings (SSSR count). The largest absolute Gasteiger partial charge is 0.480 e. The van der Waals surface area contributed by atoms with Gasteiger partial charge in [-0.05, 0) is 24.3 Å². The molecular formula is C18H17F2N3O3. The van der Waals surface area contributed by atoms with Crippen molar-refractivity contribution >= 4 is 11.8 Å². The molecule has 1 fully saturated rings. The van der Waals surface area contributed by atoms with Crippen LogP contribution in [0.4, 0.5) is 8.78 Å². The molecule has 1 saturated heterocycles. The molecule has 0 aliphatic carbocycles. The van der Waals surface area contributed by atoms with Crippen LogP contribution in [0.2, 0.25) is 0 Å². The summed E-state index contributed by atoms with van der Waals surface area (Å²) in [6.45, 7) is -0.273. The minimum Gasteiger partial charge on any atom is -0.480 e. The molecule has 2 atom stereocenters. The number of nitrogens with one attached hydrogen (secondary N) is 1. The van der Waals surface area contributed by atoms with Crippen LogP contribution in [0.15, 0.2) is 42.6 Å². The van der Waals surface area contributed by atoms with Crippen LogP contribution in [-0.2, 0) is 0 Å². The number of hydrogen-bond acceptors (Lipinski definition) is 4. The van der Waals surface area contributed by atoms with Crippen molar-refractivity contribution in [1.29, 1.82) is 0 Å². The number of pyridine rings is 1. The van der Waals surface area contributed by atoms with Crippen LogP contribution < -0.4 is 10.1 Å². The highest BCUT2D eigenvalue weighted by molar-refractivity contribution is 5.97. The minimum absolute atomic E-state index is 0.0529. The monoisotopic (exact) mass is 361 g/mol. The van der Waals surface area contributed by atoms with Gasteiger partial charge in [0.15, 0.2) is 0 Å². The van der Waals surface area contributed by atoms with Gasteiger partial charge in [0.1, 0.15) is 17.6 Å². The normalized spacial score (nSPS) is 19.3. The van der Waals surface area contributed by atoms with Gasteiger partial charge in [-0.25, -0.2) is 13.8 Å². The molecule has 2 amide bonds. The van der Waals surface area contributed by atoms with E-state index in [4.69, 9.17) is 4.74 Å². The van der Waals surface area contributed by atoms with E-state index < -0.39 is 29.8 Å². The molecular weight excluding hydrogens is 344 g/mol. The van der Waals surface area contributed by atoms with E-state index in [2.05, 4.69) is 10.3 Å². The number of rotatable bonds is 4. The fraction of sp³-hybridized carbons (Fsp3) is 0.278. The smallest absolute Gasteiger partial charge is 0.257 e. The third-order valence-corrected chi connectivity index (χ3v) is 4.17. The van der Waals surface area contributed by atoms with Crippen molar-refractivity contribution in [2.45, 2.75) is 12.2 Å². The highest BCUT2D eigenvalue weighted by atomic mass is 19.1. The Morgan fingerprint density at radius 2 is 1.92 bits per heavy atom. The van der Waals surface area contributed by atoms with E-state index in [1.165, 1.54) is 48.5 Å². The van der Waals surface area contributed by atoms with E-state index in [1.54, 1.807) is 6.07 Å². The highest BCUT2D eigenvalue weighted by Gasteiger charge is 2.37. The SMILES string of the molecule is COc1ncccc1C(=O)N[C@@H]1CN(C(=O)c2ccccc2F)C[C@@H]1F. The van der Waals surface area contributed by atoms with Gasteiger partial charge in [-0.3, -0.25) is 9.59 Å². The Labute approximate surface area is 148 Å². The summed E-state index contributed by atoms with van der Waals surface area (Å²) in [7, 11) is 1.38. The summed E-state index contributed by atoms with van der Waals surface area (Å²) in [5, 5.41) is 2.55. The molecule has 1 N–H and O–H groups in total. The molecule has 0 bridgehead atoms. The molecule has 6 nitrogen and oxygen atoms in total. The number of hydrogen-bond donors (Lipinski definition) is 1. The summed E-state index contributed by atoms with van der Waals surface area (Å²) in [5.41, 5.74) is 0.0432. The number of carbonyl (C=O) groups is 2. The first-order valence-corrected chi connectivity index (χ1v) is 7.99. The Kier molecular flexibility index (Phi) is 5.11. The maximum Gasteiger partial charge on any atom is 0.257 e. The number of carbonyl (C=O) groups excluding carboxylic acids is 2. The Bertz CT molecular complexity index is 831. The standard InChI is InChI=1S/C18H17F2N3O3/c1-26-17-12(6-4-8-21-17)16(24)22-15-10-23(9-14(15)20)18(25)11-5-2-3-7-13(11)19/h2-8,14-15H,9-10H2,1H3,(H,22,24)/t14-,15+/m0/s1. The van der Waals surface area contributed by atoms with E-state index >= 15 is 0 Å². The molecule has 0 saturated carbocycles. The molecule has 0 spiro atoms. The fourth-order valence-corrected chi connectivity index (χ4v) is 2.84. The van der Waals surface area contributed by atoms with Gasteiger partial charge in [0.25, 0.3) is 11.8 Å². The summed E-state index contributed by atoms with van der Waals surface area (Å²) < 4.78 is 33.1. The van der Waals surface area contributed by atoms with Crippen LogP contribution >= 0.6 is 0 Å². The number of likely N-dealkylation sites (tertiary alicyclic amines) is 1. The molecule has 0 unspecified atom stereocenters. The molecule has 136 valence electrons. The maximum atomic E-state index is 14.3. The number of ether oxygens (including phenoxy) is 1. The summed E-state index contributed by atoms with van der Waals surface area (Å²) in [5.74, 6) is -1.71. The lowest BCUT2D eigenvalue weighted by atomic mass is 10.2. The van der Waals surface area contributed by atoms with Crippen LogP contribution in [0.3, 0.4) is 0 Å². The lowest BCUT2D eigenvalue weighted by Gasteiger charge is -2.17. The second-order valence-corrected chi connectivity index (χ2v) is 5.85. The molecule has 1 aliphatic rings.